The average Bonchev–Trinajstić information content (AvgIpc) is 3.15. The zero-order valence-corrected chi connectivity index (χ0v) is 13.2. The van der Waals surface area contributed by atoms with Gasteiger partial charge in [0.15, 0.2) is 0 Å². The monoisotopic (exact) mass is 307 g/mol. The van der Waals surface area contributed by atoms with Gasteiger partial charge in [-0.1, -0.05) is 24.3 Å². The first-order valence-electron chi connectivity index (χ1n) is 7.27. The molecule has 0 aliphatic carbocycles. The van der Waals surface area contributed by atoms with E-state index in [2.05, 4.69) is 64.8 Å². The minimum atomic E-state index is 0.815. The number of nitrogen functional groups attached to an aromatic ring is 1. The first-order valence-corrected chi connectivity index (χ1v) is 8.15. The maximum absolute atomic E-state index is 6.23. The van der Waals surface area contributed by atoms with Crippen LogP contribution in [0.25, 0.3) is 21.8 Å². The van der Waals surface area contributed by atoms with Gasteiger partial charge < -0.3 is 15.6 Å². The summed E-state index contributed by atoms with van der Waals surface area (Å²) < 4.78 is 2.18. The Balaban J connectivity index is 1.91. The number of anilines is 2. The summed E-state index contributed by atoms with van der Waals surface area (Å²) in [5.74, 6) is 0. The fourth-order valence-electron chi connectivity index (χ4n) is 3.08. The molecule has 0 amide bonds. The SMILES string of the molecule is Cn1c2ccccc2c2c(NCc3cccs3)ccc(N)c21. The van der Waals surface area contributed by atoms with Gasteiger partial charge in [-0.3, -0.25) is 0 Å². The molecular weight excluding hydrogens is 290 g/mol. The third kappa shape index (κ3) is 1.96. The van der Waals surface area contributed by atoms with Gasteiger partial charge in [0.1, 0.15) is 0 Å². The summed E-state index contributed by atoms with van der Waals surface area (Å²) in [5.41, 5.74) is 10.5. The molecule has 0 bridgehead atoms. The van der Waals surface area contributed by atoms with Gasteiger partial charge in [0.2, 0.25) is 0 Å². The second-order valence-electron chi connectivity index (χ2n) is 5.44. The Bertz CT molecular complexity index is 951. The Hall–Kier alpha value is -2.46. The van der Waals surface area contributed by atoms with Crippen LogP contribution in [-0.4, -0.2) is 4.57 Å². The van der Waals surface area contributed by atoms with E-state index >= 15 is 0 Å². The number of hydrogen-bond acceptors (Lipinski definition) is 3. The van der Waals surface area contributed by atoms with E-state index in [-0.39, 0.29) is 0 Å². The highest BCUT2D eigenvalue weighted by atomic mass is 32.1. The Kier molecular flexibility index (Phi) is 3.05. The van der Waals surface area contributed by atoms with Crippen molar-refractivity contribution in [3.05, 3.63) is 58.8 Å². The van der Waals surface area contributed by atoms with Gasteiger partial charge in [-0.2, -0.15) is 0 Å². The van der Waals surface area contributed by atoms with E-state index in [0.29, 0.717) is 0 Å². The number of aromatic nitrogens is 1. The van der Waals surface area contributed by atoms with E-state index in [1.54, 1.807) is 11.3 Å². The van der Waals surface area contributed by atoms with Crippen LogP contribution in [0.15, 0.2) is 53.9 Å². The zero-order valence-electron chi connectivity index (χ0n) is 12.3. The van der Waals surface area contributed by atoms with Crippen molar-refractivity contribution in [2.24, 2.45) is 7.05 Å². The molecule has 0 aliphatic rings. The largest absolute Gasteiger partial charge is 0.397 e. The molecule has 4 aromatic rings. The van der Waals surface area contributed by atoms with Crippen LogP contribution in [0.3, 0.4) is 0 Å². The Morgan fingerprint density at radius 1 is 1.09 bits per heavy atom. The van der Waals surface area contributed by atoms with Crippen molar-refractivity contribution >= 4 is 44.5 Å². The summed E-state index contributed by atoms with van der Waals surface area (Å²) >= 11 is 1.77. The molecule has 0 aliphatic heterocycles. The number of fused-ring (bicyclic) bond motifs is 3. The minimum absolute atomic E-state index is 0.815. The van der Waals surface area contributed by atoms with Crippen molar-refractivity contribution < 1.29 is 0 Å². The first kappa shape index (κ1) is 13.2. The van der Waals surface area contributed by atoms with Gasteiger partial charge in [-0.25, -0.2) is 0 Å². The minimum Gasteiger partial charge on any atom is -0.397 e. The molecule has 4 rings (SSSR count). The molecule has 0 unspecified atom stereocenters. The number of aryl methyl sites for hydroxylation is 1. The third-order valence-electron chi connectivity index (χ3n) is 4.11. The summed E-state index contributed by atoms with van der Waals surface area (Å²) in [7, 11) is 2.07. The lowest BCUT2D eigenvalue weighted by atomic mass is 10.1. The normalized spacial score (nSPS) is 11.3. The van der Waals surface area contributed by atoms with E-state index in [4.69, 9.17) is 5.73 Å². The lowest BCUT2D eigenvalue weighted by molar-refractivity contribution is 1.02. The van der Waals surface area contributed by atoms with Gasteiger partial charge in [0.25, 0.3) is 0 Å². The summed E-state index contributed by atoms with van der Waals surface area (Å²) in [6, 6.07) is 16.7. The Morgan fingerprint density at radius 3 is 2.77 bits per heavy atom. The van der Waals surface area contributed by atoms with Crippen LogP contribution in [0.2, 0.25) is 0 Å². The van der Waals surface area contributed by atoms with Crippen molar-refractivity contribution in [1.29, 1.82) is 0 Å². The fourth-order valence-corrected chi connectivity index (χ4v) is 3.73. The molecule has 0 spiro atoms. The highest BCUT2D eigenvalue weighted by molar-refractivity contribution is 7.09. The molecule has 2 aromatic heterocycles. The van der Waals surface area contributed by atoms with Gasteiger partial charge in [-0.15, -0.1) is 11.3 Å². The van der Waals surface area contributed by atoms with Crippen LogP contribution in [0.1, 0.15) is 4.88 Å². The van der Waals surface area contributed by atoms with E-state index in [0.717, 1.165) is 23.4 Å². The molecule has 0 radical (unpaired) electrons. The van der Waals surface area contributed by atoms with Crippen molar-refractivity contribution in [2.75, 3.05) is 11.1 Å². The van der Waals surface area contributed by atoms with Crippen molar-refractivity contribution in [1.82, 2.24) is 4.57 Å². The molecule has 0 atom stereocenters. The summed E-state index contributed by atoms with van der Waals surface area (Å²) in [5, 5.41) is 8.11. The van der Waals surface area contributed by atoms with Gasteiger partial charge in [0, 0.05) is 40.4 Å². The van der Waals surface area contributed by atoms with Crippen LogP contribution in [-0.2, 0) is 13.6 Å². The molecule has 3 N–H and O–H groups in total. The molecule has 3 nitrogen and oxygen atoms in total. The number of nitrogens with two attached hydrogens (primary N) is 1. The number of rotatable bonds is 3. The average molecular weight is 307 g/mol. The third-order valence-corrected chi connectivity index (χ3v) is 4.99. The smallest absolute Gasteiger partial charge is 0.0743 e. The molecule has 110 valence electrons. The van der Waals surface area contributed by atoms with E-state index in [9.17, 15) is 0 Å². The number of thiophene rings is 1. The van der Waals surface area contributed by atoms with E-state index in [1.165, 1.54) is 21.2 Å². The van der Waals surface area contributed by atoms with E-state index < -0.39 is 0 Å². The predicted octanol–water partition coefficient (Wildman–Crippen LogP) is 4.59. The van der Waals surface area contributed by atoms with Gasteiger partial charge >= 0.3 is 0 Å². The molecule has 22 heavy (non-hydrogen) atoms. The van der Waals surface area contributed by atoms with Crippen LogP contribution in [0.4, 0.5) is 11.4 Å². The molecule has 0 fully saturated rings. The topological polar surface area (TPSA) is 43.0 Å². The van der Waals surface area contributed by atoms with Gasteiger partial charge in [0.05, 0.1) is 11.2 Å². The molecule has 0 saturated carbocycles. The van der Waals surface area contributed by atoms with Crippen LogP contribution < -0.4 is 11.1 Å². The lowest BCUT2D eigenvalue weighted by Crippen LogP contribution is -1.99. The summed E-state index contributed by atoms with van der Waals surface area (Å²) in [6.45, 7) is 0.833. The van der Waals surface area contributed by atoms with Gasteiger partial charge in [-0.05, 0) is 29.6 Å². The van der Waals surface area contributed by atoms with Crippen molar-refractivity contribution in [3.63, 3.8) is 0 Å². The maximum atomic E-state index is 6.23. The van der Waals surface area contributed by atoms with Crippen molar-refractivity contribution in [2.45, 2.75) is 6.54 Å². The van der Waals surface area contributed by atoms with E-state index in [1.807, 2.05) is 6.07 Å². The molecule has 0 saturated heterocycles. The summed E-state index contributed by atoms with van der Waals surface area (Å²) in [6.07, 6.45) is 0. The Labute approximate surface area is 133 Å². The number of hydrogen-bond donors (Lipinski definition) is 2. The number of nitrogens with zero attached hydrogens (tertiary/aromatic N) is 1. The second kappa shape index (κ2) is 5.07. The highest BCUT2D eigenvalue weighted by Crippen LogP contribution is 2.37. The van der Waals surface area contributed by atoms with Crippen molar-refractivity contribution in [3.8, 4) is 0 Å². The van der Waals surface area contributed by atoms with Crippen LogP contribution in [0, 0.1) is 0 Å². The quantitative estimate of drug-likeness (QED) is 0.544. The zero-order chi connectivity index (χ0) is 15.1. The molecule has 2 aromatic carbocycles. The molecule has 2 heterocycles. The first-order chi connectivity index (χ1) is 10.8. The number of nitrogens with one attached hydrogen (secondary N) is 1. The Morgan fingerprint density at radius 2 is 1.95 bits per heavy atom. The second-order valence-corrected chi connectivity index (χ2v) is 6.47. The lowest BCUT2D eigenvalue weighted by Gasteiger charge is -2.09. The van der Waals surface area contributed by atoms with Crippen LogP contribution in [0.5, 0.6) is 0 Å². The fraction of sp³-hybridized carbons (Fsp3) is 0.111. The van der Waals surface area contributed by atoms with Crippen LogP contribution >= 0.6 is 11.3 Å². The maximum Gasteiger partial charge on any atom is 0.0743 e. The molecular formula is C18H17N3S. The number of benzene rings is 2. The summed E-state index contributed by atoms with van der Waals surface area (Å²) in [4.78, 5) is 1.32. The highest BCUT2D eigenvalue weighted by Gasteiger charge is 2.14. The standard InChI is InChI=1S/C18H17N3S/c1-21-16-7-3-2-6-13(16)17-15(9-8-14(19)18(17)21)20-11-12-5-4-10-22-12/h2-10,20H,11,19H2,1H3. The molecule has 4 heteroatoms. The number of para-hydroxylation sites is 1. The predicted molar refractivity (Wildman–Crippen MR) is 96.5 cm³/mol.